The van der Waals surface area contributed by atoms with Crippen molar-refractivity contribution in [1.29, 1.82) is 0 Å². The van der Waals surface area contributed by atoms with E-state index in [0.29, 0.717) is 31.4 Å². The number of hydrogen-bond acceptors (Lipinski definition) is 5. The maximum atomic E-state index is 13.1. The molecule has 0 atom stereocenters. The minimum Gasteiger partial charge on any atom is -0.492 e. The molecular formula is C26H27N3O4. The van der Waals surface area contributed by atoms with Crippen LogP contribution in [0.15, 0.2) is 42.5 Å². The lowest BCUT2D eigenvalue weighted by molar-refractivity contribution is -0.163. The molecule has 4 aliphatic heterocycles. The number of hydrogen-bond donors (Lipinski definition) is 0. The fourth-order valence-electron chi connectivity index (χ4n) is 5.78. The number of benzene rings is 2. The second kappa shape index (κ2) is 7.70. The fraction of sp³-hybridized carbons (Fsp3) is 0.423. The van der Waals surface area contributed by atoms with Gasteiger partial charge in [-0.25, -0.2) is 5.01 Å². The molecule has 4 heterocycles. The van der Waals surface area contributed by atoms with Crippen molar-refractivity contribution in [3.8, 4) is 5.75 Å². The number of carbonyl (C=O) groups is 3. The molecule has 0 aromatic heterocycles. The molecular weight excluding hydrogens is 418 g/mol. The van der Waals surface area contributed by atoms with Crippen LogP contribution in [0, 0.1) is 0 Å². The summed E-state index contributed by atoms with van der Waals surface area (Å²) in [7, 11) is 0. The van der Waals surface area contributed by atoms with Crippen LogP contribution in [0.4, 0.5) is 0 Å². The summed E-state index contributed by atoms with van der Waals surface area (Å²) in [6, 6.07) is 14.4. The lowest BCUT2D eigenvalue weighted by Gasteiger charge is -2.38. The summed E-state index contributed by atoms with van der Waals surface area (Å²) in [6.45, 7) is 3.78. The van der Waals surface area contributed by atoms with Gasteiger partial charge in [0.05, 0.1) is 18.7 Å². The summed E-state index contributed by atoms with van der Waals surface area (Å²) in [5, 5.41) is 2.37. The van der Waals surface area contributed by atoms with Gasteiger partial charge in [-0.2, -0.15) is 5.01 Å². The highest BCUT2D eigenvalue weighted by Crippen LogP contribution is 2.49. The van der Waals surface area contributed by atoms with Crippen LogP contribution in [0.1, 0.15) is 59.2 Å². The van der Waals surface area contributed by atoms with Gasteiger partial charge in [0, 0.05) is 35.9 Å². The number of carbonyl (C=O) groups excluding carboxylic acids is 3. The van der Waals surface area contributed by atoms with Gasteiger partial charge in [0.1, 0.15) is 5.75 Å². The maximum absolute atomic E-state index is 13.1. The van der Waals surface area contributed by atoms with Crippen LogP contribution in [0.5, 0.6) is 5.75 Å². The van der Waals surface area contributed by atoms with Crippen LogP contribution in [0.25, 0.3) is 0 Å². The smallest absolute Gasteiger partial charge is 0.273 e. The first-order valence-corrected chi connectivity index (χ1v) is 11.8. The highest BCUT2D eigenvalue weighted by atomic mass is 16.5. The van der Waals surface area contributed by atoms with E-state index >= 15 is 0 Å². The Balaban J connectivity index is 1.22. The van der Waals surface area contributed by atoms with Crippen molar-refractivity contribution in [1.82, 2.24) is 14.9 Å². The summed E-state index contributed by atoms with van der Waals surface area (Å²) >= 11 is 0. The van der Waals surface area contributed by atoms with E-state index in [1.807, 2.05) is 18.2 Å². The lowest BCUT2D eigenvalue weighted by Crippen LogP contribution is -2.52. The van der Waals surface area contributed by atoms with Gasteiger partial charge in [-0.3, -0.25) is 19.3 Å². The van der Waals surface area contributed by atoms with E-state index in [0.717, 1.165) is 48.8 Å². The summed E-state index contributed by atoms with van der Waals surface area (Å²) in [4.78, 5) is 40.4. The molecule has 2 aromatic rings. The van der Waals surface area contributed by atoms with Crippen molar-refractivity contribution in [3.05, 3.63) is 64.7 Å². The Labute approximate surface area is 192 Å². The second-order valence-electron chi connectivity index (χ2n) is 9.61. The predicted octanol–water partition coefficient (Wildman–Crippen LogP) is 3.02. The largest absolute Gasteiger partial charge is 0.492 e. The maximum Gasteiger partial charge on any atom is 0.273 e. The molecule has 7 heteroatoms. The van der Waals surface area contributed by atoms with Crippen LogP contribution < -0.4 is 4.74 Å². The van der Waals surface area contributed by atoms with Crippen molar-refractivity contribution in [3.63, 3.8) is 0 Å². The van der Waals surface area contributed by atoms with Crippen molar-refractivity contribution in [2.45, 2.75) is 50.6 Å². The first kappa shape index (κ1) is 20.4. The third-order valence-corrected chi connectivity index (χ3v) is 7.65. The quantitative estimate of drug-likeness (QED) is 0.680. The number of imide groups is 1. The molecule has 4 aliphatic rings. The van der Waals surface area contributed by atoms with Crippen molar-refractivity contribution in [2.24, 2.45) is 0 Å². The zero-order valence-corrected chi connectivity index (χ0v) is 18.6. The first-order chi connectivity index (χ1) is 16.1. The van der Waals surface area contributed by atoms with Gasteiger partial charge in [-0.1, -0.05) is 36.4 Å². The Hall–Kier alpha value is -3.19. The van der Waals surface area contributed by atoms with Crippen LogP contribution in [0.2, 0.25) is 0 Å². The zero-order chi connectivity index (χ0) is 22.6. The van der Waals surface area contributed by atoms with Gasteiger partial charge in [-0.05, 0) is 44.0 Å². The summed E-state index contributed by atoms with van der Waals surface area (Å²) in [6.07, 6.45) is 3.15. The molecule has 0 saturated carbocycles. The Morgan fingerprint density at radius 1 is 0.909 bits per heavy atom. The molecule has 2 aromatic carbocycles. The normalized spacial score (nSPS) is 22.0. The van der Waals surface area contributed by atoms with E-state index in [1.54, 1.807) is 0 Å². The van der Waals surface area contributed by atoms with E-state index in [-0.39, 0.29) is 29.7 Å². The molecule has 0 bridgehead atoms. The number of amides is 3. The minimum atomic E-state index is -0.299. The lowest BCUT2D eigenvalue weighted by atomic mass is 9.74. The van der Waals surface area contributed by atoms with Crippen LogP contribution >= 0.6 is 0 Å². The molecule has 7 nitrogen and oxygen atoms in total. The standard InChI is InChI=1S/C26H27N3O4/c30-22-7-4-8-23(31)29(22)28-16-20-19(25(28)32)9-10-21-24(20)33-17-26(21)11-13-27(14-12-26)15-18-5-2-1-3-6-18/h1-3,5-6,9-10H,4,7-8,11-17H2. The topological polar surface area (TPSA) is 70.2 Å². The molecule has 2 fully saturated rings. The van der Waals surface area contributed by atoms with Gasteiger partial charge in [0.2, 0.25) is 11.8 Å². The monoisotopic (exact) mass is 445 g/mol. The second-order valence-corrected chi connectivity index (χ2v) is 9.61. The van der Waals surface area contributed by atoms with Crippen LogP contribution in [0.3, 0.4) is 0 Å². The van der Waals surface area contributed by atoms with Gasteiger partial charge < -0.3 is 4.74 Å². The third kappa shape index (κ3) is 3.25. The zero-order valence-electron chi connectivity index (χ0n) is 18.6. The highest BCUT2D eigenvalue weighted by Gasteiger charge is 2.47. The third-order valence-electron chi connectivity index (χ3n) is 7.65. The van der Waals surface area contributed by atoms with E-state index in [9.17, 15) is 14.4 Å². The number of fused-ring (bicyclic) bond motifs is 4. The molecule has 0 aliphatic carbocycles. The molecule has 1 spiro atoms. The number of ether oxygens (including phenoxy) is 1. The number of rotatable bonds is 3. The molecule has 0 N–H and O–H groups in total. The number of piperidine rings is 2. The van der Waals surface area contributed by atoms with E-state index in [1.165, 1.54) is 16.1 Å². The van der Waals surface area contributed by atoms with Gasteiger partial charge in [-0.15, -0.1) is 0 Å². The molecule has 6 rings (SSSR count). The van der Waals surface area contributed by atoms with Crippen molar-refractivity contribution < 1.29 is 19.1 Å². The molecule has 170 valence electrons. The Morgan fingerprint density at radius 2 is 1.64 bits per heavy atom. The average Bonchev–Trinajstić information content (AvgIpc) is 3.35. The molecule has 0 unspecified atom stereocenters. The Bertz CT molecular complexity index is 1120. The molecule has 3 amide bonds. The Morgan fingerprint density at radius 3 is 2.36 bits per heavy atom. The van der Waals surface area contributed by atoms with Crippen LogP contribution in [-0.2, 0) is 28.1 Å². The molecule has 33 heavy (non-hydrogen) atoms. The molecule has 0 radical (unpaired) electrons. The number of nitrogens with zero attached hydrogens (tertiary/aromatic N) is 3. The summed E-state index contributed by atoms with van der Waals surface area (Å²) < 4.78 is 6.24. The number of hydrazine groups is 1. The van der Waals surface area contributed by atoms with Crippen molar-refractivity contribution in [2.75, 3.05) is 19.7 Å². The van der Waals surface area contributed by atoms with Gasteiger partial charge >= 0.3 is 0 Å². The van der Waals surface area contributed by atoms with Gasteiger partial charge in [0.25, 0.3) is 5.91 Å². The van der Waals surface area contributed by atoms with E-state index in [4.69, 9.17) is 4.74 Å². The average molecular weight is 446 g/mol. The minimum absolute atomic E-state index is 0.0369. The summed E-state index contributed by atoms with van der Waals surface area (Å²) in [5.74, 6) is -0.102. The van der Waals surface area contributed by atoms with E-state index in [2.05, 4.69) is 29.2 Å². The SMILES string of the molecule is O=C1c2ccc3c(c2CN1N1C(=O)CCCC1=O)OCC31CCN(Cc2ccccc2)CC1. The van der Waals surface area contributed by atoms with E-state index < -0.39 is 0 Å². The Kier molecular flexibility index (Phi) is 4.76. The fourth-order valence-corrected chi connectivity index (χ4v) is 5.78. The molecule has 2 saturated heterocycles. The van der Waals surface area contributed by atoms with Crippen LogP contribution in [-0.4, -0.2) is 52.3 Å². The van der Waals surface area contributed by atoms with Crippen molar-refractivity contribution >= 4 is 17.7 Å². The number of likely N-dealkylation sites (tertiary alicyclic amines) is 1. The summed E-state index contributed by atoms with van der Waals surface area (Å²) in [5.41, 5.74) is 3.82. The van der Waals surface area contributed by atoms with Gasteiger partial charge in [0.15, 0.2) is 0 Å². The highest BCUT2D eigenvalue weighted by molar-refractivity contribution is 6.05. The first-order valence-electron chi connectivity index (χ1n) is 11.8. The predicted molar refractivity (Wildman–Crippen MR) is 120 cm³/mol.